The largest absolute Gasteiger partial charge is 0.510 e. The van der Waals surface area contributed by atoms with Gasteiger partial charge in [-0.2, -0.15) is 0 Å². The lowest BCUT2D eigenvalue weighted by Crippen LogP contribution is -2.58. The molecule has 0 aromatic carbocycles. The van der Waals surface area contributed by atoms with E-state index in [1.807, 2.05) is 52.0 Å². The van der Waals surface area contributed by atoms with Crippen molar-refractivity contribution in [1.29, 1.82) is 0 Å². The van der Waals surface area contributed by atoms with Crippen LogP contribution in [0.15, 0.2) is 95.2 Å². The zero-order chi connectivity index (χ0) is 45.6. The summed E-state index contributed by atoms with van der Waals surface area (Å²) in [6.45, 7) is 14.6. The molecule has 2 heterocycles. The van der Waals surface area contributed by atoms with Crippen LogP contribution in [0.25, 0.3) is 0 Å². The van der Waals surface area contributed by atoms with Gasteiger partial charge in [-0.15, -0.1) is 0 Å². The van der Waals surface area contributed by atoms with Gasteiger partial charge in [-0.3, -0.25) is 9.59 Å². The van der Waals surface area contributed by atoms with Gasteiger partial charge >= 0.3 is 11.9 Å². The Labute approximate surface area is 360 Å². The minimum atomic E-state index is -2.10. The van der Waals surface area contributed by atoms with Crippen molar-refractivity contribution in [2.24, 2.45) is 29.6 Å². The van der Waals surface area contributed by atoms with E-state index < -0.39 is 83.8 Å². The average molecular weight is 854 g/mol. The first kappa shape index (κ1) is 50.8. The SMILES string of the molecule is CC/C=C/C=C/[C@H]1O[C@@](O)([C@@H](C)[C@H](O)[C@H](C)[C@H]2OC(=O)C(OC)=CC(C)=C[C@@H](C)[C@@H](O)[C@@H](C)CC(C)=CC=C[C@@H]2OC)C[C@@H](OC(=O)/C=C/C(=O)NC2=C(O)CCC2=O)[C@@H]1C. The molecule has 1 saturated heterocycles. The van der Waals surface area contributed by atoms with E-state index in [2.05, 4.69) is 5.32 Å². The van der Waals surface area contributed by atoms with E-state index in [1.54, 1.807) is 52.0 Å². The van der Waals surface area contributed by atoms with Crippen molar-refractivity contribution in [3.05, 3.63) is 95.2 Å². The average Bonchev–Trinajstić information content (AvgIpc) is 3.53. The highest BCUT2D eigenvalue weighted by Gasteiger charge is 2.52. The number of aliphatic hydroxyl groups is 4. The molecule has 3 aliphatic rings. The van der Waals surface area contributed by atoms with Gasteiger partial charge < -0.3 is 49.4 Å². The fourth-order valence-corrected chi connectivity index (χ4v) is 7.81. The van der Waals surface area contributed by atoms with Crippen LogP contribution in [0.5, 0.6) is 0 Å². The second kappa shape index (κ2) is 23.6. The molecule has 0 radical (unpaired) electrons. The number of methoxy groups -OCH3 is 2. The lowest BCUT2D eigenvalue weighted by atomic mass is 9.77. The first-order chi connectivity index (χ1) is 28.8. The summed E-state index contributed by atoms with van der Waals surface area (Å²) in [6.07, 6.45) is 13.2. The number of esters is 2. The zero-order valence-corrected chi connectivity index (χ0v) is 37.2. The van der Waals surface area contributed by atoms with Crippen LogP contribution in [0.3, 0.4) is 0 Å². The third-order valence-corrected chi connectivity index (χ3v) is 11.6. The molecule has 0 unspecified atom stereocenters. The Morgan fingerprint density at radius 3 is 2.41 bits per heavy atom. The van der Waals surface area contributed by atoms with Gasteiger partial charge in [0.2, 0.25) is 11.7 Å². The maximum atomic E-state index is 13.8. The fourth-order valence-electron chi connectivity index (χ4n) is 7.81. The van der Waals surface area contributed by atoms with E-state index in [4.69, 9.17) is 23.7 Å². The number of Topliss-reactive ketones (excluding diaryl/α,β-unsaturated/α-hetero) is 1. The van der Waals surface area contributed by atoms with E-state index >= 15 is 0 Å². The molecule has 14 nitrogen and oxygen atoms in total. The molecule has 5 N–H and O–H groups in total. The van der Waals surface area contributed by atoms with Gasteiger partial charge in [0.25, 0.3) is 0 Å². The molecule has 0 saturated carbocycles. The first-order valence-electron chi connectivity index (χ1n) is 21.0. The lowest BCUT2D eigenvalue weighted by Gasteiger charge is -2.48. The number of rotatable bonds is 13. The predicted octanol–water partition coefficient (Wildman–Crippen LogP) is 5.91. The molecule has 3 rings (SSSR count). The molecule has 14 heteroatoms. The zero-order valence-electron chi connectivity index (χ0n) is 37.2. The summed E-state index contributed by atoms with van der Waals surface area (Å²) in [6, 6.07) is 0. The van der Waals surface area contributed by atoms with Gasteiger partial charge in [-0.25, -0.2) is 9.59 Å². The summed E-state index contributed by atoms with van der Waals surface area (Å²) < 4.78 is 29.5. The molecule has 338 valence electrons. The number of aliphatic hydroxyl groups excluding tert-OH is 3. The van der Waals surface area contributed by atoms with Gasteiger partial charge in [0, 0.05) is 62.2 Å². The molecule has 0 aromatic rings. The minimum absolute atomic E-state index is 0.0657. The standard InChI is InChI=1S/C47H67NO13/c1-11-12-13-14-17-36-31(6)39(59-41(52)22-21-40(51)48-42-34(49)19-20-35(42)50)26-47(56,61-36)33(8)44(54)32(7)45-37(57-9)18-15-16-27(2)23-29(4)43(53)30(5)24-28(3)25-38(58-10)46(55)60-45/h12-18,21-22,24-25,29-33,36-37,39,43-45,49,53-54,56H,11,19-20,23,26H2,1-10H3,(H,48,51)/b13-12+,17-14+,18-15?,22-21+,27-16?,28-24?,38-25?/t29-,30+,31+,32-,33-,36+,37-,39+,43-,44+,45+,47+/m0/s1. The molecule has 0 spiro atoms. The summed E-state index contributed by atoms with van der Waals surface area (Å²) in [5.41, 5.74) is 1.46. The Hall–Kier alpha value is -4.60. The maximum Gasteiger partial charge on any atom is 0.373 e. The molecular weight excluding hydrogens is 787 g/mol. The van der Waals surface area contributed by atoms with E-state index in [0.717, 1.165) is 24.1 Å². The number of cyclic esters (lactones) is 1. The third-order valence-electron chi connectivity index (χ3n) is 11.6. The topological polar surface area (TPSA) is 207 Å². The van der Waals surface area contributed by atoms with Gasteiger partial charge in [-0.1, -0.05) is 101 Å². The quantitative estimate of drug-likeness (QED) is 0.0831. The Morgan fingerprint density at radius 1 is 1.08 bits per heavy atom. The molecule has 12 atom stereocenters. The number of ether oxygens (including phenoxy) is 5. The van der Waals surface area contributed by atoms with E-state index in [9.17, 15) is 39.6 Å². The minimum Gasteiger partial charge on any atom is -0.510 e. The molecule has 1 aliphatic carbocycles. The van der Waals surface area contributed by atoms with Crippen LogP contribution in [-0.4, -0.2) is 101 Å². The highest BCUT2D eigenvalue weighted by molar-refractivity contribution is 6.04. The van der Waals surface area contributed by atoms with Crippen molar-refractivity contribution in [2.45, 2.75) is 130 Å². The van der Waals surface area contributed by atoms with Crippen LogP contribution < -0.4 is 5.32 Å². The van der Waals surface area contributed by atoms with Crippen LogP contribution >= 0.6 is 0 Å². The lowest BCUT2D eigenvalue weighted by molar-refractivity contribution is -0.314. The molecule has 1 fully saturated rings. The second-order valence-electron chi connectivity index (χ2n) is 16.5. The Bertz CT molecular complexity index is 1800. The van der Waals surface area contributed by atoms with Gasteiger partial charge in [-0.05, 0) is 38.7 Å². The van der Waals surface area contributed by atoms with Crippen molar-refractivity contribution in [3.8, 4) is 0 Å². The number of hydrogen-bond acceptors (Lipinski definition) is 13. The highest BCUT2D eigenvalue weighted by atomic mass is 16.6. The number of amides is 1. The Balaban J connectivity index is 1.97. The second-order valence-corrected chi connectivity index (χ2v) is 16.5. The van der Waals surface area contributed by atoms with Crippen molar-refractivity contribution in [2.75, 3.05) is 14.2 Å². The van der Waals surface area contributed by atoms with Crippen LogP contribution in [0.2, 0.25) is 0 Å². The summed E-state index contributed by atoms with van der Waals surface area (Å²) in [7, 11) is 2.79. The monoisotopic (exact) mass is 853 g/mol. The van der Waals surface area contributed by atoms with E-state index in [0.29, 0.717) is 12.0 Å². The number of hydrogen-bond donors (Lipinski definition) is 5. The highest BCUT2D eigenvalue weighted by Crippen LogP contribution is 2.41. The van der Waals surface area contributed by atoms with Gasteiger partial charge in [0.05, 0.1) is 25.4 Å². The van der Waals surface area contributed by atoms with E-state index in [-0.39, 0.29) is 48.3 Å². The van der Waals surface area contributed by atoms with Gasteiger partial charge in [0.15, 0.2) is 11.6 Å². The maximum absolute atomic E-state index is 13.8. The third kappa shape index (κ3) is 14.2. The summed E-state index contributed by atoms with van der Waals surface area (Å²) in [4.78, 5) is 51.4. The normalized spacial score (nSPS) is 31.4. The summed E-state index contributed by atoms with van der Waals surface area (Å²) >= 11 is 0. The number of carbonyl (C=O) groups is 4. The van der Waals surface area contributed by atoms with Crippen LogP contribution in [0.1, 0.15) is 87.5 Å². The molecule has 61 heavy (non-hydrogen) atoms. The van der Waals surface area contributed by atoms with Crippen molar-refractivity contribution in [1.82, 2.24) is 5.32 Å². The molecule has 0 aromatic heterocycles. The van der Waals surface area contributed by atoms with Crippen molar-refractivity contribution in [3.63, 3.8) is 0 Å². The van der Waals surface area contributed by atoms with Crippen molar-refractivity contribution < 1.29 is 63.3 Å². The number of ketones is 1. The van der Waals surface area contributed by atoms with E-state index in [1.165, 1.54) is 20.3 Å². The number of nitrogens with one attached hydrogen (secondary N) is 1. The first-order valence-corrected chi connectivity index (χ1v) is 21.0. The number of carbonyl (C=O) groups excluding carboxylic acids is 4. The summed E-state index contributed by atoms with van der Waals surface area (Å²) in [5.74, 6) is -8.20. The fraction of sp³-hybridized carbons (Fsp3) is 0.574. The Morgan fingerprint density at radius 2 is 1.79 bits per heavy atom. The molecule has 0 bridgehead atoms. The molecular formula is C47H67NO13. The number of allylic oxidation sites excluding steroid dienone is 10. The Kier molecular flexibility index (Phi) is 19.6. The summed E-state index contributed by atoms with van der Waals surface area (Å²) in [5, 5.41) is 47.6. The van der Waals surface area contributed by atoms with Crippen LogP contribution in [0, 0.1) is 29.6 Å². The molecule has 2 aliphatic heterocycles. The van der Waals surface area contributed by atoms with Gasteiger partial charge in [0.1, 0.15) is 29.8 Å². The van der Waals surface area contributed by atoms with Crippen LogP contribution in [-0.2, 0) is 42.9 Å². The van der Waals surface area contributed by atoms with Crippen molar-refractivity contribution >= 4 is 23.6 Å². The smallest absolute Gasteiger partial charge is 0.373 e. The predicted molar refractivity (Wildman–Crippen MR) is 229 cm³/mol. The molecule has 1 amide bonds. The van der Waals surface area contributed by atoms with Crippen LogP contribution in [0.4, 0.5) is 0 Å².